The molecule has 0 atom stereocenters. The lowest BCUT2D eigenvalue weighted by Crippen LogP contribution is -2.15. The summed E-state index contributed by atoms with van der Waals surface area (Å²) in [6, 6.07) is 16.4. The number of hydrogen-bond acceptors (Lipinski definition) is 6. The molecule has 0 radical (unpaired) electrons. The second-order valence-electron chi connectivity index (χ2n) is 6.33. The molecule has 2 aromatic carbocycles. The van der Waals surface area contributed by atoms with Gasteiger partial charge in [0.15, 0.2) is 17.3 Å². The number of nitrogens with one attached hydrogen (secondary N) is 2. The summed E-state index contributed by atoms with van der Waals surface area (Å²) < 4.78 is 30.2. The minimum Gasteiger partial charge on any atom is -0.326 e. The van der Waals surface area contributed by atoms with Gasteiger partial charge in [0.05, 0.1) is 4.90 Å². The minimum absolute atomic E-state index is 0.0365. The fraction of sp³-hybridized carbons (Fsp3) is 0.0526. The van der Waals surface area contributed by atoms with E-state index in [9.17, 15) is 13.2 Å². The Balaban J connectivity index is 1.65. The van der Waals surface area contributed by atoms with Crippen molar-refractivity contribution in [3.8, 4) is 11.4 Å². The predicted octanol–water partition coefficient (Wildman–Crippen LogP) is 3.31. The van der Waals surface area contributed by atoms with Crippen molar-refractivity contribution in [1.82, 2.24) is 19.8 Å². The molecule has 9 nitrogen and oxygen atoms in total. The fourth-order valence-electron chi connectivity index (χ4n) is 2.77. The largest absolute Gasteiger partial charge is 0.326 e. The molecule has 0 aliphatic heterocycles. The third-order valence-corrected chi connectivity index (χ3v) is 5.93. The molecule has 0 aliphatic carbocycles. The van der Waals surface area contributed by atoms with Gasteiger partial charge in [-0.25, -0.2) is 8.42 Å². The lowest BCUT2D eigenvalue weighted by atomic mass is 10.2. The van der Waals surface area contributed by atoms with Crippen LogP contribution in [0.25, 0.3) is 17.0 Å². The van der Waals surface area contributed by atoms with Crippen LogP contribution in [0.15, 0.2) is 70.0 Å². The smallest absolute Gasteiger partial charge is 0.263 e. The third kappa shape index (κ3) is 4.16. The maximum absolute atomic E-state index is 12.7. The van der Waals surface area contributed by atoms with E-state index in [1.54, 1.807) is 6.07 Å². The van der Waals surface area contributed by atoms with Gasteiger partial charge in [-0.05, 0) is 48.5 Å². The van der Waals surface area contributed by atoms with Gasteiger partial charge in [0.2, 0.25) is 5.91 Å². The molecule has 0 spiro atoms. The Bertz CT molecular complexity index is 1350. The first-order valence-corrected chi connectivity index (χ1v) is 11.0. The van der Waals surface area contributed by atoms with Crippen molar-refractivity contribution < 1.29 is 13.2 Å². The monoisotopic (exact) mass is 486 g/mol. The van der Waals surface area contributed by atoms with Crippen LogP contribution >= 0.6 is 15.9 Å². The van der Waals surface area contributed by atoms with Crippen LogP contribution in [-0.4, -0.2) is 34.1 Å². The van der Waals surface area contributed by atoms with Crippen LogP contribution in [0.3, 0.4) is 0 Å². The number of aromatic nitrogens is 4. The lowest BCUT2D eigenvalue weighted by Gasteiger charge is -2.09. The van der Waals surface area contributed by atoms with E-state index in [4.69, 9.17) is 0 Å². The van der Waals surface area contributed by atoms with Crippen LogP contribution in [0.4, 0.5) is 11.5 Å². The van der Waals surface area contributed by atoms with Crippen LogP contribution in [0.1, 0.15) is 6.92 Å². The highest BCUT2D eigenvalue weighted by Crippen LogP contribution is 2.23. The van der Waals surface area contributed by atoms with E-state index in [2.05, 4.69) is 41.3 Å². The Labute approximate surface area is 180 Å². The van der Waals surface area contributed by atoms with Crippen LogP contribution in [0.2, 0.25) is 0 Å². The Kier molecular flexibility index (Phi) is 5.22. The van der Waals surface area contributed by atoms with Crippen molar-refractivity contribution in [2.24, 2.45) is 0 Å². The highest BCUT2D eigenvalue weighted by Gasteiger charge is 2.17. The molecular weight excluding hydrogens is 472 g/mol. The van der Waals surface area contributed by atoms with Crippen LogP contribution < -0.4 is 10.0 Å². The maximum Gasteiger partial charge on any atom is 0.263 e. The van der Waals surface area contributed by atoms with E-state index in [0.29, 0.717) is 17.2 Å². The van der Waals surface area contributed by atoms with Gasteiger partial charge in [-0.1, -0.05) is 28.1 Å². The Morgan fingerprint density at radius 2 is 1.80 bits per heavy atom. The summed E-state index contributed by atoms with van der Waals surface area (Å²) in [5.74, 6) is 0.355. The molecule has 4 aromatic rings. The van der Waals surface area contributed by atoms with Gasteiger partial charge in [-0.15, -0.1) is 15.3 Å². The van der Waals surface area contributed by atoms with E-state index >= 15 is 0 Å². The van der Waals surface area contributed by atoms with E-state index < -0.39 is 10.0 Å². The molecule has 11 heteroatoms. The van der Waals surface area contributed by atoms with Gasteiger partial charge < -0.3 is 5.32 Å². The molecule has 30 heavy (non-hydrogen) atoms. The van der Waals surface area contributed by atoms with E-state index in [-0.39, 0.29) is 16.6 Å². The summed E-state index contributed by atoms with van der Waals surface area (Å²) in [6.07, 6.45) is 0. The summed E-state index contributed by atoms with van der Waals surface area (Å²) in [7, 11) is -3.88. The Hall–Kier alpha value is -3.31. The van der Waals surface area contributed by atoms with Crippen LogP contribution in [0, 0.1) is 0 Å². The summed E-state index contributed by atoms with van der Waals surface area (Å²) >= 11 is 3.42. The van der Waals surface area contributed by atoms with Gasteiger partial charge in [0.1, 0.15) is 0 Å². The summed E-state index contributed by atoms with van der Waals surface area (Å²) in [5, 5.41) is 15.2. The SMILES string of the molecule is CC(=O)Nc1ccc(S(=O)(=O)Nc2ccc3nnc(-c4cccc(Br)c4)n3n2)cc1. The minimum atomic E-state index is -3.88. The van der Waals surface area contributed by atoms with E-state index in [1.807, 2.05) is 24.3 Å². The first-order valence-electron chi connectivity index (χ1n) is 8.71. The van der Waals surface area contributed by atoms with Crippen LogP contribution in [-0.2, 0) is 14.8 Å². The maximum atomic E-state index is 12.7. The van der Waals surface area contributed by atoms with Gasteiger partial charge in [-0.2, -0.15) is 4.52 Å². The number of fused-ring (bicyclic) bond motifs is 1. The topological polar surface area (TPSA) is 118 Å². The predicted molar refractivity (Wildman–Crippen MR) is 115 cm³/mol. The first-order chi connectivity index (χ1) is 14.3. The molecule has 0 fully saturated rings. The molecule has 4 rings (SSSR count). The number of nitrogens with zero attached hydrogens (tertiary/aromatic N) is 4. The zero-order valence-electron chi connectivity index (χ0n) is 15.6. The summed E-state index contributed by atoms with van der Waals surface area (Å²) in [4.78, 5) is 11.1. The quantitative estimate of drug-likeness (QED) is 0.446. The lowest BCUT2D eigenvalue weighted by molar-refractivity contribution is -0.114. The highest BCUT2D eigenvalue weighted by molar-refractivity contribution is 9.10. The van der Waals surface area contributed by atoms with Gasteiger partial charge in [0, 0.05) is 22.6 Å². The highest BCUT2D eigenvalue weighted by atomic mass is 79.9. The standard InChI is InChI=1S/C19H15BrN6O3S/c1-12(27)21-15-5-7-16(8-6-15)30(28,29)25-17-9-10-18-22-23-19(26(18)24-17)13-3-2-4-14(20)11-13/h2-11H,1H3,(H,21,27)(H,24,25). The number of anilines is 2. The number of carbonyl (C=O) groups is 1. The normalized spacial score (nSPS) is 11.4. The van der Waals surface area contributed by atoms with Crippen molar-refractivity contribution >= 4 is 49.0 Å². The van der Waals surface area contributed by atoms with Crippen molar-refractivity contribution in [2.75, 3.05) is 10.0 Å². The molecule has 0 saturated carbocycles. The number of amides is 1. The Morgan fingerprint density at radius 1 is 1.03 bits per heavy atom. The average molecular weight is 487 g/mol. The molecule has 0 unspecified atom stereocenters. The molecule has 152 valence electrons. The molecular formula is C19H15BrN6O3S. The molecule has 2 aromatic heterocycles. The van der Waals surface area contributed by atoms with Gasteiger partial charge in [-0.3, -0.25) is 9.52 Å². The van der Waals surface area contributed by atoms with Gasteiger partial charge in [0.25, 0.3) is 10.0 Å². The van der Waals surface area contributed by atoms with Crippen LogP contribution in [0.5, 0.6) is 0 Å². The first kappa shape index (κ1) is 20.0. The van der Waals surface area contributed by atoms with Crippen molar-refractivity contribution in [3.05, 3.63) is 65.1 Å². The number of rotatable bonds is 5. The third-order valence-electron chi connectivity index (χ3n) is 4.07. The zero-order valence-corrected chi connectivity index (χ0v) is 18.0. The average Bonchev–Trinajstić information content (AvgIpc) is 3.11. The molecule has 0 aliphatic rings. The number of benzene rings is 2. The fourth-order valence-corrected chi connectivity index (χ4v) is 4.16. The number of halogens is 1. The number of hydrogen-bond donors (Lipinski definition) is 2. The summed E-state index contributed by atoms with van der Waals surface area (Å²) in [5.41, 5.74) is 1.76. The van der Waals surface area contributed by atoms with E-state index in [1.165, 1.54) is 41.8 Å². The molecule has 0 bridgehead atoms. The zero-order chi connectivity index (χ0) is 21.3. The number of carbonyl (C=O) groups excluding carboxylic acids is 1. The van der Waals surface area contributed by atoms with Crippen molar-refractivity contribution in [2.45, 2.75) is 11.8 Å². The van der Waals surface area contributed by atoms with E-state index in [0.717, 1.165) is 10.0 Å². The van der Waals surface area contributed by atoms with Crippen molar-refractivity contribution in [1.29, 1.82) is 0 Å². The number of sulfonamides is 1. The van der Waals surface area contributed by atoms with Gasteiger partial charge >= 0.3 is 0 Å². The summed E-state index contributed by atoms with van der Waals surface area (Å²) in [6.45, 7) is 1.38. The molecule has 1 amide bonds. The molecule has 0 saturated heterocycles. The second kappa shape index (κ2) is 7.84. The Morgan fingerprint density at radius 3 is 2.50 bits per heavy atom. The van der Waals surface area contributed by atoms with Crippen molar-refractivity contribution in [3.63, 3.8) is 0 Å². The second-order valence-corrected chi connectivity index (χ2v) is 8.93. The molecule has 2 heterocycles. The molecule has 2 N–H and O–H groups in total.